The fourth-order valence-electron chi connectivity index (χ4n) is 7.90. The van der Waals surface area contributed by atoms with E-state index in [4.69, 9.17) is 10.5 Å². The van der Waals surface area contributed by atoms with Crippen LogP contribution in [0.1, 0.15) is 50.5 Å². The number of nitrogens with zero attached hydrogens (tertiary/aromatic N) is 5. The highest BCUT2D eigenvalue weighted by atomic mass is 32.2. The molecule has 4 unspecified atom stereocenters. The van der Waals surface area contributed by atoms with Crippen molar-refractivity contribution in [2.24, 2.45) is 0 Å². The highest BCUT2D eigenvalue weighted by Crippen LogP contribution is 2.33. The molecule has 3 heterocycles. The molecule has 7 N–H and O–H groups in total. The Morgan fingerprint density at radius 2 is 1.45 bits per heavy atom. The van der Waals surface area contributed by atoms with Crippen LogP contribution in [0.5, 0.6) is 0 Å². The Morgan fingerprint density at radius 1 is 0.828 bits per heavy atom. The molecule has 0 bridgehead atoms. The number of carbonyl (C=O) groups excluding carboxylic acids is 2. The van der Waals surface area contributed by atoms with Crippen molar-refractivity contribution in [2.75, 3.05) is 109 Å². The molecule has 0 aromatic heterocycles. The summed E-state index contributed by atoms with van der Waals surface area (Å²) in [4.78, 5) is 64.9. The molecule has 18 nitrogen and oxygen atoms in total. The zero-order chi connectivity index (χ0) is 41.7. The van der Waals surface area contributed by atoms with Gasteiger partial charge in [0, 0.05) is 101 Å². The van der Waals surface area contributed by atoms with E-state index in [-0.39, 0.29) is 56.4 Å². The van der Waals surface area contributed by atoms with Gasteiger partial charge in [0.15, 0.2) is 0 Å². The van der Waals surface area contributed by atoms with Crippen LogP contribution < -0.4 is 16.0 Å². The van der Waals surface area contributed by atoms with Gasteiger partial charge in [-0.05, 0) is 49.8 Å². The van der Waals surface area contributed by atoms with Gasteiger partial charge in [-0.15, -0.1) is 0 Å². The van der Waals surface area contributed by atoms with Gasteiger partial charge < -0.3 is 26.2 Å². The highest BCUT2D eigenvalue weighted by Gasteiger charge is 2.42. The van der Waals surface area contributed by atoms with E-state index in [2.05, 4.69) is 46.8 Å². The maximum absolute atomic E-state index is 12.8. The molecule has 58 heavy (non-hydrogen) atoms. The molecule has 3 saturated heterocycles. The number of unbranched alkanes of at least 4 members (excludes halogenated alkanes) is 3. The van der Waals surface area contributed by atoms with Crippen molar-refractivity contribution >= 4 is 48.0 Å². The lowest BCUT2D eigenvalue weighted by molar-refractivity contribution is -0.520. The van der Waals surface area contributed by atoms with Crippen LogP contribution in [0.4, 0.5) is 10.5 Å². The zero-order valence-corrected chi connectivity index (χ0v) is 34.5. The van der Waals surface area contributed by atoms with E-state index in [0.717, 1.165) is 62.9 Å². The number of anilines is 1. The number of amides is 3. The number of urea groups is 1. The predicted octanol–water partition coefficient (Wildman–Crippen LogP) is 1.52. The third kappa shape index (κ3) is 17.4. The van der Waals surface area contributed by atoms with E-state index in [1.54, 1.807) is 0 Å². The molecule has 1 aromatic rings. The molecule has 1 aromatic carbocycles. The quantitative estimate of drug-likeness (QED) is 0.0196. The summed E-state index contributed by atoms with van der Waals surface area (Å²) in [7, 11) is 0. The first kappa shape index (κ1) is 47.3. The largest absolute Gasteiger partial charge is 0.480 e. The van der Waals surface area contributed by atoms with E-state index in [0.29, 0.717) is 82.7 Å². The third-order valence-corrected chi connectivity index (χ3v) is 12.6. The van der Waals surface area contributed by atoms with Crippen molar-refractivity contribution in [2.45, 2.75) is 74.7 Å². The number of hydrogen-bond acceptors (Lipinski definition) is 13. The maximum atomic E-state index is 12.8. The minimum atomic E-state index is -0.993. The number of nitrogens with one attached hydrogen (secondary N) is 3. The SMILES string of the molecule is C=[N+](CCCCCC(=O)Nc1ccc(CC2CN(CC(=O)O)CCN(CCOO)CCN(CCOO)CCN2CC(=O)O)cc1)CCCCC1SCC2NC(=O)NC21. The van der Waals surface area contributed by atoms with Crippen LogP contribution in [0.25, 0.3) is 0 Å². The second-order valence-corrected chi connectivity index (χ2v) is 16.8. The number of hydrogen-bond donors (Lipinski definition) is 7. The fourth-order valence-corrected chi connectivity index (χ4v) is 9.44. The van der Waals surface area contributed by atoms with Crippen LogP contribution in [-0.4, -0.2) is 203 Å². The average Bonchev–Trinajstić information content (AvgIpc) is 3.74. The average molecular weight is 838 g/mol. The lowest BCUT2D eigenvalue weighted by atomic mass is 10.0. The van der Waals surface area contributed by atoms with Gasteiger partial charge in [-0.25, -0.2) is 19.1 Å². The zero-order valence-electron chi connectivity index (χ0n) is 33.7. The van der Waals surface area contributed by atoms with Gasteiger partial charge in [0.05, 0.1) is 38.4 Å². The van der Waals surface area contributed by atoms with E-state index >= 15 is 0 Å². The second kappa shape index (κ2) is 25.9. The van der Waals surface area contributed by atoms with Crippen molar-refractivity contribution in [3.8, 4) is 0 Å². The van der Waals surface area contributed by atoms with E-state index in [1.807, 2.05) is 45.8 Å². The molecule has 4 rings (SSSR count). The Balaban J connectivity index is 1.24. The summed E-state index contributed by atoms with van der Waals surface area (Å²) in [5.74, 6) is -1.06. The number of thioether (sulfide) groups is 1. The summed E-state index contributed by atoms with van der Waals surface area (Å²) in [5.41, 5.74) is 1.58. The smallest absolute Gasteiger partial charge is 0.317 e. The van der Waals surface area contributed by atoms with Crippen LogP contribution in [0.15, 0.2) is 24.3 Å². The third-order valence-electron chi connectivity index (χ3n) is 11.1. The summed E-state index contributed by atoms with van der Waals surface area (Å²) < 4.78 is 2.10. The number of aliphatic carboxylic acids is 2. The van der Waals surface area contributed by atoms with E-state index < -0.39 is 11.9 Å². The number of carboxylic acids is 2. The number of rotatable bonds is 24. The molecular formula is C39H65N8O10S+. The van der Waals surface area contributed by atoms with Crippen LogP contribution in [0, 0.1) is 0 Å². The number of carboxylic acid groups (broad SMARTS) is 2. The van der Waals surface area contributed by atoms with Gasteiger partial charge in [0.1, 0.15) is 19.8 Å². The first-order valence-corrected chi connectivity index (χ1v) is 21.6. The Hall–Kier alpha value is -3.40. The van der Waals surface area contributed by atoms with E-state index in [1.165, 1.54) is 0 Å². The van der Waals surface area contributed by atoms with Crippen molar-refractivity contribution < 1.29 is 54.3 Å². The van der Waals surface area contributed by atoms with Crippen LogP contribution in [0.2, 0.25) is 0 Å². The molecule has 3 fully saturated rings. The number of carbonyl (C=O) groups is 4. The van der Waals surface area contributed by atoms with Gasteiger partial charge in [0.2, 0.25) is 5.91 Å². The Bertz CT molecular complexity index is 1450. The highest BCUT2D eigenvalue weighted by molar-refractivity contribution is 8.00. The normalized spacial score (nSPS) is 22.7. The standard InChI is InChI=1S/C39H64N8O10S/c1-43(14-6-4-7-34-38-33(29-58-34)41-39(53)42-38)13-5-2-3-8-35(48)40-31-11-9-30(10-12-31)25-32-26-46(27-36(49)50)18-17-44(21-23-56-54)15-16-45(22-24-57-55)19-20-47(32)28-37(51)52/h9-12,32-34,38H,1-8,13-29H2,(H6-,40,41,42,48,49,50,51,52,53,54,55)/p+1. The van der Waals surface area contributed by atoms with Crippen molar-refractivity contribution in [1.82, 2.24) is 30.2 Å². The first-order valence-electron chi connectivity index (χ1n) is 20.5. The van der Waals surface area contributed by atoms with Crippen molar-refractivity contribution in [3.63, 3.8) is 0 Å². The lowest BCUT2D eigenvalue weighted by Gasteiger charge is -2.38. The van der Waals surface area contributed by atoms with Gasteiger partial charge in [0.25, 0.3) is 0 Å². The van der Waals surface area contributed by atoms with Crippen molar-refractivity contribution in [1.29, 1.82) is 0 Å². The van der Waals surface area contributed by atoms with Gasteiger partial charge in [-0.3, -0.25) is 44.5 Å². The summed E-state index contributed by atoms with van der Waals surface area (Å²) in [6.07, 6.45) is 6.75. The molecular weight excluding hydrogens is 773 g/mol. The summed E-state index contributed by atoms with van der Waals surface area (Å²) in [5, 5.41) is 47.1. The van der Waals surface area contributed by atoms with Gasteiger partial charge in [-0.1, -0.05) is 12.1 Å². The number of benzene rings is 1. The molecule has 3 aliphatic heterocycles. The maximum Gasteiger partial charge on any atom is 0.317 e. The van der Waals surface area contributed by atoms with E-state index in [9.17, 15) is 29.4 Å². The Kier molecular flexibility index (Phi) is 21.2. The first-order chi connectivity index (χ1) is 28.0. The molecule has 0 saturated carbocycles. The molecule has 19 heteroatoms. The second-order valence-electron chi connectivity index (χ2n) is 15.5. The Labute approximate surface area is 345 Å². The Morgan fingerprint density at radius 3 is 2.09 bits per heavy atom. The molecule has 0 spiro atoms. The summed E-state index contributed by atoms with van der Waals surface area (Å²) >= 11 is 1.94. The molecule has 3 amide bonds. The number of fused-ring (bicyclic) bond motifs is 1. The van der Waals surface area contributed by atoms with Gasteiger partial charge >= 0.3 is 18.0 Å². The minimum absolute atomic E-state index is 0.0457. The minimum Gasteiger partial charge on any atom is -0.480 e. The summed E-state index contributed by atoms with van der Waals surface area (Å²) in [6.45, 7) is 9.77. The lowest BCUT2D eigenvalue weighted by Crippen LogP contribution is -2.53. The monoisotopic (exact) mass is 837 g/mol. The molecule has 4 atom stereocenters. The molecule has 0 radical (unpaired) electrons. The molecule has 3 aliphatic rings. The van der Waals surface area contributed by atoms with Crippen molar-refractivity contribution in [3.05, 3.63) is 29.8 Å². The van der Waals surface area contributed by atoms with Crippen LogP contribution in [0.3, 0.4) is 0 Å². The topological polar surface area (TPSA) is 220 Å². The molecule has 326 valence electrons. The summed E-state index contributed by atoms with van der Waals surface area (Å²) in [6, 6.07) is 7.59. The van der Waals surface area contributed by atoms with Crippen LogP contribution in [-0.2, 0) is 30.6 Å². The van der Waals surface area contributed by atoms with Crippen LogP contribution >= 0.6 is 11.8 Å². The predicted molar refractivity (Wildman–Crippen MR) is 221 cm³/mol. The fraction of sp³-hybridized carbons (Fsp3) is 0.718. The van der Waals surface area contributed by atoms with Gasteiger partial charge in [-0.2, -0.15) is 11.8 Å². The molecule has 0 aliphatic carbocycles.